The number of nitrogens with one attached hydrogen (secondary N) is 2. The van der Waals surface area contributed by atoms with Crippen LogP contribution in [0, 0.1) is 17.5 Å². The predicted molar refractivity (Wildman–Crippen MR) is 78.3 cm³/mol. The Kier molecular flexibility index (Phi) is 5.84. The van der Waals surface area contributed by atoms with Gasteiger partial charge in [0.15, 0.2) is 17.5 Å². The maximum Gasteiger partial charge on any atom is 0.315 e. The Morgan fingerprint density at radius 2 is 2.00 bits per heavy atom. The van der Waals surface area contributed by atoms with Crippen molar-refractivity contribution in [2.24, 2.45) is 0 Å². The Morgan fingerprint density at radius 3 is 2.57 bits per heavy atom. The molecular weight excluding hydrogens is 311 g/mol. The van der Waals surface area contributed by atoms with E-state index in [1.165, 1.54) is 0 Å². The van der Waals surface area contributed by atoms with Crippen LogP contribution in [0.3, 0.4) is 0 Å². The molecule has 1 aromatic carbocycles. The third-order valence-electron chi connectivity index (χ3n) is 3.97. The molecule has 23 heavy (non-hydrogen) atoms. The molecule has 0 unspecified atom stereocenters. The fourth-order valence-corrected chi connectivity index (χ4v) is 2.94. The van der Waals surface area contributed by atoms with Crippen LogP contribution in [0.15, 0.2) is 12.1 Å². The molecule has 1 fully saturated rings. The van der Waals surface area contributed by atoms with Crippen molar-refractivity contribution < 1.29 is 23.1 Å². The number of carbonyl (C=O) groups is 1. The fourth-order valence-electron chi connectivity index (χ4n) is 2.94. The number of rotatable bonds is 5. The Morgan fingerprint density at radius 1 is 1.35 bits per heavy atom. The van der Waals surface area contributed by atoms with Gasteiger partial charge in [0.25, 0.3) is 0 Å². The second-order valence-corrected chi connectivity index (χ2v) is 5.39. The SMILES string of the molecule is CCN1CC[C@H](NC(=O)NCCO)[C@H]1c1cc(F)c(F)c(F)c1. The van der Waals surface area contributed by atoms with Gasteiger partial charge in [-0.25, -0.2) is 18.0 Å². The third kappa shape index (κ3) is 3.94. The van der Waals surface area contributed by atoms with Gasteiger partial charge in [-0.15, -0.1) is 0 Å². The van der Waals surface area contributed by atoms with E-state index in [2.05, 4.69) is 10.6 Å². The highest BCUT2D eigenvalue weighted by molar-refractivity contribution is 5.74. The van der Waals surface area contributed by atoms with E-state index in [9.17, 15) is 18.0 Å². The lowest BCUT2D eigenvalue weighted by molar-refractivity contribution is 0.218. The van der Waals surface area contributed by atoms with Gasteiger partial charge in [0.05, 0.1) is 18.7 Å². The maximum atomic E-state index is 13.5. The van der Waals surface area contributed by atoms with E-state index in [1.807, 2.05) is 11.8 Å². The zero-order chi connectivity index (χ0) is 17.0. The summed E-state index contributed by atoms with van der Waals surface area (Å²) in [5.41, 5.74) is 0.285. The Hall–Kier alpha value is -1.80. The van der Waals surface area contributed by atoms with Crippen LogP contribution in [0.2, 0.25) is 0 Å². The summed E-state index contributed by atoms with van der Waals surface area (Å²) >= 11 is 0. The van der Waals surface area contributed by atoms with Crippen molar-refractivity contribution in [1.82, 2.24) is 15.5 Å². The van der Waals surface area contributed by atoms with Crippen molar-refractivity contribution in [1.29, 1.82) is 0 Å². The van der Waals surface area contributed by atoms with Crippen LogP contribution in [0.5, 0.6) is 0 Å². The molecule has 0 aliphatic carbocycles. The van der Waals surface area contributed by atoms with E-state index in [1.54, 1.807) is 0 Å². The topological polar surface area (TPSA) is 64.6 Å². The van der Waals surface area contributed by atoms with Gasteiger partial charge in [-0.05, 0) is 30.7 Å². The van der Waals surface area contributed by atoms with Crippen molar-refractivity contribution in [3.05, 3.63) is 35.1 Å². The van der Waals surface area contributed by atoms with Crippen LogP contribution in [0.4, 0.5) is 18.0 Å². The fraction of sp³-hybridized carbons (Fsp3) is 0.533. The van der Waals surface area contributed by atoms with Gasteiger partial charge < -0.3 is 15.7 Å². The number of likely N-dealkylation sites (tertiary alicyclic amines) is 1. The number of carbonyl (C=O) groups excluding carboxylic acids is 1. The van der Waals surface area contributed by atoms with Crippen LogP contribution >= 0.6 is 0 Å². The quantitative estimate of drug-likeness (QED) is 0.717. The van der Waals surface area contributed by atoms with Crippen molar-refractivity contribution in [3.63, 3.8) is 0 Å². The first kappa shape index (κ1) is 17.6. The number of nitrogens with zero attached hydrogens (tertiary/aromatic N) is 1. The van der Waals surface area contributed by atoms with Crippen LogP contribution in [0.1, 0.15) is 24.9 Å². The molecule has 1 saturated heterocycles. The number of benzene rings is 1. The van der Waals surface area contributed by atoms with E-state index < -0.39 is 29.5 Å². The minimum atomic E-state index is -1.50. The standard InChI is InChI=1S/C15H20F3N3O2/c1-2-21-5-3-12(20-15(23)19-4-6-22)14(21)9-7-10(16)13(18)11(17)8-9/h7-8,12,14,22H,2-6H2,1H3,(H2,19,20,23)/t12-,14+/m0/s1. The first-order chi connectivity index (χ1) is 11.0. The lowest BCUT2D eigenvalue weighted by Gasteiger charge is -2.28. The summed E-state index contributed by atoms with van der Waals surface area (Å²) in [7, 11) is 0. The molecule has 1 aromatic rings. The molecule has 5 nitrogen and oxygen atoms in total. The highest BCUT2D eigenvalue weighted by Gasteiger charge is 2.36. The summed E-state index contributed by atoms with van der Waals surface area (Å²) in [6.45, 7) is 3.10. The summed E-state index contributed by atoms with van der Waals surface area (Å²) in [6, 6.07) is 0.673. The largest absolute Gasteiger partial charge is 0.395 e. The second kappa shape index (κ2) is 7.65. The normalized spacial score (nSPS) is 21.4. The predicted octanol–water partition coefficient (Wildman–Crippen LogP) is 1.53. The average molecular weight is 331 g/mol. The van der Waals surface area contributed by atoms with E-state index in [4.69, 9.17) is 5.11 Å². The third-order valence-corrected chi connectivity index (χ3v) is 3.97. The van der Waals surface area contributed by atoms with Crippen LogP contribution in [0.25, 0.3) is 0 Å². The zero-order valence-corrected chi connectivity index (χ0v) is 12.8. The Balaban J connectivity index is 2.22. The minimum Gasteiger partial charge on any atom is -0.395 e. The Labute approximate surface area is 132 Å². The molecule has 0 spiro atoms. The molecule has 8 heteroatoms. The molecule has 1 aliphatic heterocycles. The van der Waals surface area contributed by atoms with E-state index in [0.717, 1.165) is 12.1 Å². The second-order valence-electron chi connectivity index (χ2n) is 5.39. The highest BCUT2D eigenvalue weighted by Crippen LogP contribution is 2.33. The molecule has 0 bridgehead atoms. The summed E-state index contributed by atoms with van der Waals surface area (Å²) in [5, 5.41) is 13.9. The van der Waals surface area contributed by atoms with Gasteiger partial charge >= 0.3 is 6.03 Å². The van der Waals surface area contributed by atoms with Gasteiger partial charge in [0.1, 0.15) is 0 Å². The maximum absolute atomic E-state index is 13.5. The van der Waals surface area contributed by atoms with E-state index >= 15 is 0 Å². The number of urea groups is 1. The highest BCUT2D eigenvalue weighted by atomic mass is 19.2. The molecule has 2 amide bonds. The lowest BCUT2D eigenvalue weighted by Crippen LogP contribution is -2.45. The number of aliphatic hydroxyl groups excluding tert-OH is 1. The Bertz CT molecular complexity index is 548. The molecule has 2 rings (SSSR count). The van der Waals surface area contributed by atoms with Gasteiger partial charge in [0, 0.05) is 13.1 Å². The molecular formula is C15H20F3N3O2. The lowest BCUT2D eigenvalue weighted by atomic mass is 9.99. The zero-order valence-electron chi connectivity index (χ0n) is 12.8. The van der Waals surface area contributed by atoms with Crippen molar-refractivity contribution in [3.8, 4) is 0 Å². The van der Waals surface area contributed by atoms with E-state index in [0.29, 0.717) is 19.5 Å². The number of amides is 2. The number of hydrogen-bond donors (Lipinski definition) is 3. The van der Waals surface area contributed by atoms with Crippen molar-refractivity contribution in [2.75, 3.05) is 26.2 Å². The van der Waals surface area contributed by atoms with Crippen molar-refractivity contribution >= 4 is 6.03 Å². The molecule has 128 valence electrons. The molecule has 1 aliphatic rings. The first-order valence-electron chi connectivity index (χ1n) is 7.51. The van der Waals surface area contributed by atoms with Gasteiger partial charge in [-0.2, -0.15) is 0 Å². The van der Waals surface area contributed by atoms with Gasteiger partial charge in [0.2, 0.25) is 0 Å². The van der Waals surface area contributed by atoms with Gasteiger partial charge in [-0.1, -0.05) is 6.92 Å². The molecule has 2 atom stereocenters. The van der Waals surface area contributed by atoms with Crippen LogP contribution in [-0.4, -0.2) is 48.3 Å². The monoisotopic (exact) mass is 331 g/mol. The molecule has 0 radical (unpaired) electrons. The number of likely N-dealkylation sites (N-methyl/N-ethyl adjacent to an activating group) is 1. The molecule has 1 heterocycles. The molecule has 3 N–H and O–H groups in total. The smallest absolute Gasteiger partial charge is 0.315 e. The van der Waals surface area contributed by atoms with E-state index in [-0.39, 0.29) is 24.8 Å². The number of aliphatic hydroxyl groups is 1. The summed E-state index contributed by atoms with van der Waals surface area (Å²) in [5.74, 6) is -3.99. The molecule has 0 saturated carbocycles. The molecule has 0 aromatic heterocycles. The minimum absolute atomic E-state index is 0.112. The first-order valence-corrected chi connectivity index (χ1v) is 7.51. The summed E-state index contributed by atoms with van der Waals surface area (Å²) in [4.78, 5) is 13.7. The number of hydrogen-bond acceptors (Lipinski definition) is 3. The summed E-state index contributed by atoms with van der Waals surface area (Å²) < 4.78 is 40.2. The van der Waals surface area contributed by atoms with Crippen LogP contribution < -0.4 is 10.6 Å². The van der Waals surface area contributed by atoms with Gasteiger partial charge in [-0.3, -0.25) is 4.90 Å². The average Bonchev–Trinajstić information content (AvgIpc) is 2.92. The van der Waals surface area contributed by atoms with Crippen LogP contribution in [-0.2, 0) is 0 Å². The van der Waals surface area contributed by atoms with Crippen molar-refractivity contribution in [2.45, 2.75) is 25.4 Å². The summed E-state index contributed by atoms with van der Waals surface area (Å²) in [6.07, 6.45) is 0.603. The number of halogens is 3.